The Labute approximate surface area is 104 Å². The average Bonchev–Trinajstić information content (AvgIpc) is 2.17. The number of aliphatic hydroxyl groups excluding tert-OH is 1. The fraction of sp³-hybridized carbons (Fsp3) is 0.400. The summed E-state index contributed by atoms with van der Waals surface area (Å²) < 4.78 is 26.6. The maximum absolute atomic E-state index is 11.8. The molecule has 0 saturated carbocycles. The Morgan fingerprint density at radius 2 is 2.12 bits per heavy atom. The van der Waals surface area contributed by atoms with Crippen LogP contribution in [0.5, 0.6) is 0 Å². The van der Waals surface area contributed by atoms with E-state index in [1.54, 1.807) is 18.2 Å². The predicted octanol–water partition coefficient (Wildman–Crippen LogP) is 1.42. The Morgan fingerprint density at radius 1 is 1.44 bits per heavy atom. The minimum atomic E-state index is -3.49. The van der Waals surface area contributed by atoms with Crippen molar-refractivity contribution >= 4 is 26.0 Å². The van der Waals surface area contributed by atoms with E-state index in [4.69, 9.17) is 5.11 Å². The number of hydrogen-bond donors (Lipinski definition) is 2. The molecule has 0 aliphatic carbocycles. The van der Waals surface area contributed by atoms with Gasteiger partial charge in [0.2, 0.25) is 10.0 Å². The van der Waals surface area contributed by atoms with Crippen LogP contribution in [0.3, 0.4) is 0 Å². The van der Waals surface area contributed by atoms with E-state index in [9.17, 15) is 8.42 Å². The van der Waals surface area contributed by atoms with Crippen molar-refractivity contribution in [3.05, 3.63) is 28.2 Å². The van der Waals surface area contributed by atoms with Crippen molar-refractivity contribution in [2.24, 2.45) is 0 Å². The molecule has 0 aromatic heterocycles. The summed E-state index contributed by atoms with van der Waals surface area (Å²) >= 11 is 3.22. The standard InChI is InChI=1S/C10H14BrNO3S/c1-8-3-4-10(9(11)7-8)16(14,15)12-5-2-6-13/h3-4,7,12-13H,2,5-6H2,1H3. The Balaban J connectivity index is 2.90. The molecule has 0 atom stereocenters. The van der Waals surface area contributed by atoms with Gasteiger partial charge in [0.1, 0.15) is 0 Å². The Hall–Kier alpha value is -0.430. The highest BCUT2D eigenvalue weighted by Crippen LogP contribution is 2.22. The quantitative estimate of drug-likeness (QED) is 0.809. The first kappa shape index (κ1) is 13.6. The normalized spacial score (nSPS) is 11.7. The van der Waals surface area contributed by atoms with Crippen LogP contribution in [-0.4, -0.2) is 26.7 Å². The average molecular weight is 308 g/mol. The third-order valence-corrected chi connectivity index (χ3v) is 4.44. The summed E-state index contributed by atoms with van der Waals surface area (Å²) in [5, 5.41) is 8.58. The Morgan fingerprint density at radius 3 is 2.69 bits per heavy atom. The van der Waals surface area contributed by atoms with Gasteiger partial charge < -0.3 is 5.11 Å². The number of halogens is 1. The number of hydrogen-bond acceptors (Lipinski definition) is 3. The lowest BCUT2D eigenvalue weighted by atomic mass is 10.2. The summed E-state index contributed by atoms with van der Waals surface area (Å²) in [7, 11) is -3.49. The molecule has 6 heteroatoms. The number of benzene rings is 1. The second kappa shape index (κ2) is 5.77. The molecular formula is C10H14BrNO3S. The summed E-state index contributed by atoms with van der Waals surface area (Å²) in [6.07, 6.45) is 0.405. The zero-order valence-electron chi connectivity index (χ0n) is 8.90. The number of sulfonamides is 1. The predicted molar refractivity (Wildman–Crippen MR) is 65.8 cm³/mol. The summed E-state index contributed by atoms with van der Waals surface area (Å²) in [5.41, 5.74) is 0.987. The van der Waals surface area contributed by atoms with Crippen molar-refractivity contribution < 1.29 is 13.5 Å². The van der Waals surface area contributed by atoms with Crippen LogP contribution in [0.4, 0.5) is 0 Å². The van der Waals surface area contributed by atoms with E-state index in [-0.39, 0.29) is 18.0 Å². The Bertz CT molecular complexity index is 459. The highest BCUT2D eigenvalue weighted by molar-refractivity contribution is 9.10. The zero-order valence-corrected chi connectivity index (χ0v) is 11.3. The number of aliphatic hydroxyl groups is 1. The van der Waals surface area contributed by atoms with Crippen LogP contribution < -0.4 is 4.72 Å². The fourth-order valence-corrected chi connectivity index (χ4v) is 3.45. The molecule has 0 spiro atoms. The topological polar surface area (TPSA) is 66.4 Å². The van der Waals surface area contributed by atoms with Gasteiger partial charge in [0.25, 0.3) is 0 Å². The van der Waals surface area contributed by atoms with E-state index < -0.39 is 10.0 Å². The molecule has 0 radical (unpaired) electrons. The van der Waals surface area contributed by atoms with E-state index in [0.717, 1.165) is 5.56 Å². The highest BCUT2D eigenvalue weighted by atomic mass is 79.9. The van der Waals surface area contributed by atoms with Gasteiger partial charge in [-0.15, -0.1) is 0 Å². The van der Waals surface area contributed by atoms with Crippen LogP contribution in [0.25, 0.3) is 0 Å². The van der Waals surface area contributed by atoms with Gasteiger partial charge in [-0.1, -0.05) is 6.07 Å². The maximum atomic E-state index is 11.8. The lowest BCUT2D eigenvalue weighted by molar-refractivity contribution is 0.289. The van der Waals surface area contributed by atoms with Crippen LogP contribution in [0.1, 0.15) is 12.0 Å². The third-order valence-electron chi connectivity index (χ3n) is 2.00. The maximum Gasteiger partial charge on any atom is 0.241 e. The molecule has 0 fully saturated rings. The molecule has 1 aromatic rings. The minimum absolute atomic E-state index is 0.0302. The summed E-state index contributed by atoms with van der Waals surface area (Å²) in [5.74, 6) is 0. The molecule has 0 aliphatic heterocycles. The SMILES string of the molecule is Cc1ccc(S(=O)(=O)NCCCO)c(Br)c1. The molecular weight excluding hydrogens is 294 g/mol. The molecule has 1 rings (SSSR count). The summed E-state index contributed by atoms with van der Waals surface area (Å²) in [6, 6.07) is 5.05. The molecule has 0 heterocycles. The van der Waals surface area contributed by atoms with Crippen LogP contribution in [0, 0.1) is 6.92 Å². The first-order valence-electron chi connectivity index (χ1n) is 4.84. The largest absolute Gasteiger partial charge is 0.396 e. The first-order valence-corrected chi connectivity index (χ1v) is 7.11. The van der Waals surface area contributed by atoms with Crippen LogP contribution >= 0.6 is 15.9 Å². The Kier molecular flexibility index (Phi) is 4.91. The fourth-order valence-electron chi connectivity index (χ4n) is 1.19. The molecule has 90 valence electrons. The van der Waals surface area contributed by atoms with E-state index in [0.29, 0.717) is 10.9 Å². The molecule has 0 amide bonds. The molecule has 1 aromatic carbocycles. The van der Waals surface area contributed by atoms with E-state index in [1.807, 2.05) is 6.92 Å². The molecule has 2 N–H and O–H groups in total. The van der Waals surface area contributed by atoms with Crippen molar-refractivity contribution in [2.45, 2.75) is 18.2 Å². The smallest absolute Gasteiger partial charge is 0.241 e. The summed E-state index contributed by atoms with van der Waals surface area (Å²) in [6.45, 7) is 2.09. The van der Waals surface area contributed by atoms with Crippen molar-refractivity contribution in [1.29, 1.82) is 0 Å². The summed E-state index contributed by atoms with van der Waals surface area (Å²) in [4.78, 5) is 0.219. The van der Waals surface area contributed by atoms with E-state index in [1.165, 1.54) is 0 Å². The lowest BCUT2D eigenvalue weighted by Crippen LogP contribution is -2.25. The molecule has 0 unspecified atom stereocenters. The number of rotatable bonds is 5. The second-order valence-electron chi connectivity index (χ2n) is 3.41. The number of nitrogens with one attached hydrogen (secondary N) is 1. The van der Waals surface area contributed by atoms with Gasteiger partial charge >= 0.3 is 0 Å². The second-order valence-corrected chi connectivity index (χ2v) is 6.00. The van der Waals surface area contributed by atoms with Crippen molar-refractivity contribution in [2.75, 3.05) is 13.2 Å². The minimum Gasteiger partial charge on any atom is -0.396 e. The molecule has 0 saturated heterocycles. The van der Waals surface area contributed by atoms with E-state index in [2.05, 4.69) is 20.7 Å². The van der Waals surface area contributed by atoms with Gasteiger partial charge in [-0.2, -0.15) is 0 Å². The lowest BCUT2D eigenvalue weighted by Gasteiger charge is -2.08. The van der Waals surface area contributed by atoms with Gasteiger partial charge in [0.05, 0.1) is 4.90 Å². The highest BCUT2D eigenvalue weighted by Gasteiger charge is 2.16. The van der Waals surface area contributed by atoms with Crippen molar-refractivity contribution in [3.8, 4) is 0 Å². The van der Waals surface area contributed by atoms with Crippen LogP contribution in [0.15, 0.2) is 27.6 Å². The van der Waals surface area contributed by atoms with Gasteiger partial charge in [-0.25, -0.2) is 13.1 Å². The molecule has 0 aliphatic rings. The monoisotopic (exact) mass is 307 g/mol. The van der Waals surface area contributed by atoms with Crippen LogP contribution in [-0.2, 0) is 10.0 Å². The first-order chi connectivity index (χ1) is 7.47. The number of aryl methyl sites for hydroxylation is 1. The molecule has 16 heavy (non-hydrogen) atoms. The van der Waals surface area contributed by atoms with Gasteiger partial charge in [-0.3, -0.25) is 0 Å². The zero-order chi connectivity index (χ0) is 12.2. The van der Waals surface area contributed by atoms with E-state index >= 15 is 0 Å². The van der Waals surface area contributed by atoms with Crippen LogP contribution in [0.2, 0.25) is 0 Å². The third kappa shape index (κ3) is 3.55. The van der Waals surface area contributed by atoms with Gasteiger partial charge in [-0.05, 0) is 47.0 Å². The molecule has 4 nitrogen and oxygen atoms in total. The van der Waals surface area contributed by atoms with Crippen molar-refractivity contribution in [1.82, 2.24) is 4.72 Å². The molecule has 0 bridgehead atoms. The van der Waals surface area contributed by atoms with Gasteiger partial charge in [0, 0.05) is 17.6 Å². The van der Waals surface area contributed by atoms with Gasteiger partial charge in [0.15, 0.2) is 0 Å². The van der Waals surface area contributed by atoms with Crippen molar-refractivity contribution in [3.63, 3.8) is 0 Å².